The molecule has 0 saturated carbocycles. The zero-order valence-electron chi connectivity index (χ0n) is 9.45. The van der Waals surface area contributed by atoms with Crippen molar-refractivity contribution in [3.05, 3.63) is 0 Å². The normalized spacial score (nSPS) is 22.7. The molecule has 4 nitrogen and oxygen atoms in total. The van der Waals surface area contributed by atoms with Crippen LogP contribution >= 0.6 is 0 Å². The van der Waals surface area contributed by atoms with Crippen molar-refractivity contribution in [3.63, 3.8) is 0 Å². The van der Waals surface area contributed by atoms with Gasteiger partial charge in [-0.25, -0.2) is 0 Å². The van der Waals surface area contributed by atoms with Gasteiger partial charge in [-0.15, -0.1) is 0 Å². The maximum atomic E-state index is 11.3. The van der Waals surface area contributed by atoms with Crippen LogP contribution in [-0.4, -0.2) is 48.8 Å². The van der Waals surface area contributed by atoms with Crippen molar-refractivity contribution in [1.82, 2.24) is 4.90 Å². The van der Waals surface area contributed by atoms with E-state index in [1.165, 1.54) is 6.42 Å². The highest BCUT2D eigenvalue weighted by Gasteiger charge is 2.21. The molecular formula is C11H21NO3. The van der Waals surface area contributed by atoms with Crippen molar-refractivity contribution >= 4 is 5.97 Å². The molecule has 0 aromatic rings. The molecule has 1 unspecified atom stereocenters. The third-order valence-corrected chi connectivity index (χ3v) is 2.80. The molecule has 4 heteroatoms. The van der Waals surface area contributed by atoms with Gasteiger partial charge in [-0.1, -0.05) is 0 Å². The van der Waals surface area contributed by atoms with E-state index in [1.54, 1.807) is 0 Å². The molecule has 0 amide bonds. The van der Waals surface area contributed by atoms with Gasteiger partial charge in [-0.3, -0.25) is 9.69 Å². The van der Waals surface area contributed by atoms with Gasteiger partial charge in [0, 0.05) is 13.2 Å². The Bertz CT molecular complexity index is 194. The first-order valence-electron chi connectivity index (χ1n) is 5.75. The quantitative estimate of drug-likeness (QED) is 0.684. The molecular weight excluding hydrogens is 194 g/mol. The van der Waals surface area contributed by atoms with E-state index in [9.17, 15) is 4.79 Å². The lowest BCUT2D eigenvalue weighted by Gasteiger charge is -2.31. The molecule has 0 bridgehead atoms. The number of piperidine rings is 1. The van der Waals surface area contributed by atoms with Crippen LogP contribution in [0.25, 0.3) is 0 Å². The molecule has 0 aromatic carbocycles. The van der Waals surface area contributed by atoms with Crippen LogP contribution in [0.4, 0.5) is 0 Å². The van der Waals surface area contributed by atoms with Crippen LogP contribution in [0, 0.1) is 5.92 Å². The second-order valence-corrected chi connectivity index (χ2v) is 4.06. The monoisotopic (exact) mass is 215 g/mol. The molecule has 1 aliphatic heterocycles. The molecule has 1 atom stereocenters. The number of nitrogens with zero attached hydrogens (tertiary/aromatic N) is 1. The van der Waals surface area contributed by atoms with Crippen molar-refractivity contribution in [2.45, 2.75) is 26.2 Å². The van der Waals surface area contributed by atoms with Crippen LogP contribution in [0.1, 0.15) is 26.2 Å². The molecule has 1 aliphatic rings. The Labute approximate surface area is 91.2 Å². The summed E-state index contributed by atoms with van der Waals surface area (Å²) in [6, 6.07) is 0. The van der Waals surface area contributed by atoms with Crippen LogP contribution in [0.15, 0.2) is 0 Å². The Hall–Kier alpha value is -0.610. The first-order valence-corrected chi connectivity index (χ1v) is 5.75. The van der Waals surface area contributed by atoms with E-state index in [1.807, 2.05) is 6.92 Å². The van der Waals surface area contributed by atoms with Crippen molar-refractivity contribution in [2.75, 3.05) is 32.8 Å². The van der Waals surface area contributed by atoms with Gasteiger partial charge < -0.3 is 9.84 Å². The number of ether oxygens (including phenoxy) is 1. The van der Waals surface area contributed by atoms with Gasteiger partial charge >= 0.3 is 5.97 Å². The minimum atomic E-state index is -0.137. The number of carbonyl (C=O) groups excluding carboxylic acids is 1. The van der Waals surface area contributed by atoms with Crippen molar-refractivity contribution in [2.24, 2.45) is 5.92 Å². The lowest BCUT2D eigenvalue weighted by Crippen LogP contribution is -2.39. The molecule has 0 aliphatic carbocycles. The van der Waals surface area contributed by atoms with Gasteiger partial charge in [-0.05, 0) is 38.6 Å². The van der Waals surface area contributed by atoms with E-state index < -0.39 is 0 Å². The highest BCUT2D eigenvalue weighted by molar-refractivity contribution is 5.71. The topological polar surface area (TPSA) is 49.8 Å². The maximum absolute atomic E-state index is 11.3. The van der Waals surface area contributed by atoms with Gasteiger partial charge in [0.1, 0.15) is 0 Å². The van der Waals surface area contributed by atoms with E-state index >= 15 is 0 Å². The Balaban J connectivity index is 2.26. The molecule has 88 valence electrons. The molecule has 1 heterocycles. The predicted molar refractivity (Wildman–Crippen MR) is 57.5 cm³/mol. The number of aliphatic hydroxyl groups is 1. The summed E-state index contributed by atoms with van der Waals surface area (Å²) in [5, 5.41) is 8.86. The Morgan fingerprint density at radius 3 is 3.07 bits per heavy atom. The van der Waals surface area contributed by atoms with E-state index in [-0.39, 0.29) is 12.6 Å². The van der Waals surface area contributed by atoms with Crippen LogP contribution in [0.5, 0.6) is 0 Å². The molecule has 1 saturated heterocycles. The SMILES string of the molecule is CCOC(=O)CN1CCCC(CCO)C1. The largest absolute Gasteiger partial charge is 0.465 e. The number of hydrogen-bond acceptors (Lipinski definition) is 4. The molecule has 1 N–H and O–H groups in total. The fourth-order valence-electron chi connectivity index (χ4n) is 2.10. The lowest BCUT2D eigenvalue weighted by atomic mass is 9.95. The average Bonchev–Trinajstić information content (AvgIpc) is 2.19. The van der Waals surface area contributed by atoms with Gasteiger partial charge in [0.2, 0.25) is 0 Å². The van der Waals surface area contributed by atoms with E-state index in [0.717, 1.165) is 25.9 Å². The van der Waals surface area contributed by atoms with E-state index in [2.05, 4.69) is 4.90 Å². The van der Waals surface area contributed by atoms with Gasteiger partial charge in [0.05, 0.1) is 13.2 Å². The maximum Gasteiger partial charge on any atom is 0.320 e. The van der Waals surface area contributed by atoms with E-state index in [0.29, 0.717) is 19.1 Å². The highest BCUT2D eigenvalue weighted by Crippen LogP contribution is 2.18. The lowest BCUT2D eigenvalue weighted by molar-refractivity contribution is -0.144. The fraction of sp³-hybridized carbons (Fsp3) is 0.909. The smallest absolute Gasteiger partial charge is 0.320 e. The number of likely N-dealkylation sites (tertiary alicyclic amines) is 1. The summed E-state index contributed by atoms with van der Waals surface area (Å²) >= 11 is 0. The second-order valence-electron chi connectivity index (χ2n) is 4.06. The van der Waals surface area contributed by atoms with Crippen LogP contribution in [-0.2, 0) is 9.53 Å². The third-order valence-electron chi connectivity index (χ3n) is 2.80. The van der Waals surface area contributed by atoms with Crippen molar-refractivity contribution < 1.29 is 14.6 Å². The van der Waals surface area contributed by atoms with E-state index in [4.69, 9.17) is 9.84 Å². The number of esters is 1. The second kappa shape index (κ2) is 6.80. The highest BCUT2D eigenvalue weighted by atomic mass is 16.5. The minimum Gasteiger partial charge on any atom is -0.465 e. The summed E-state index contributed by atoms with van der Waals surface area (Å²) in [6.07, 6.45) is 3.13. The van der Waals surface area contributed by atoms with Crippen LogP contribution in [0.3, 0.4) is 0 Å². The average molecular weight is 215 g/mol. The first kappa shape index (κ1) is 12.5. The van der Waals surface area contributed by atoms with Crippen molar-refractivity contribution in [1.29, 1.82) is 0 Å². The summed E-state index contributed by atoms with van der Waals surface area (Å²) in [6.45, 7) is 4.81. The number of hydrogen-bond donors (Lipinski definition) is 1. The molecule has 15 heavy (non-hydrogen) atoms. The molecule has 1 fully saturated rings. The van der Waals surface area contributed by atoms with Gasteiger partial charge in [0.25, 0.3) is 0 Å². The number of carbonyl (C=O) groups is 1. The standard InChI is InChI=1S/C11H21NO3/c1-2-15-11(14)9-12-6-3-4-10(8-12)5-7-13/h10,13H,2-9H2,1H3. The van der Waals surface area contributed by atoms with Crippen molar-refractivity contribution in [3.8, 4) is 0 Å². The third kappa shape index (κ3) is 4.62. The zero-order valence-corrected chi connectivity index (χ0v) is 9.45. The number of aliphatic hydroxyl groups excluding tert-OH is 1. The summed E-state index contributed by atoms with van der Waals surface area (Å²) in [4.78, 5) is 13.4. The van der Waals surface area contributed by atoms with Gasteiger partial charge in [-0.2, -0.15) is 0 Å². The van der Waals surface area contributed by atoms with Crippen LogP contribution < -0.4 is 0 Å². The summed E-state index contributed by atoms with van der Waals surface area (Å²) < 4.78 is 4.91. The predicted octanol–water partition coefficient (Wildman–Crippen LogP) is 0.644. The molecule has 1 rings (SSSR count). The van der Waals surface area contributed by atoms with Crippen LogP contribution in [0.2, 0.25) is 0 Å². The van der Waals surface area contributed by atoms with Gasteiger partial charge in [0.15, 0.2) is 0 Å². The summed E-state index contributed by atoms with van der Waals surface area (Å²) in [5.74, 6) is 0.403. The first-order chi connectivity index (χ1) is 7.26. The molecule has 0 aromatic heterocycles. The Morgan fingerprint density at radius 1 is 1.60 bits per heavy atom. The molecule has 0 spiro atoms. The summed E-state index contributed by atoms with van der Waals surface area (Å²) in [7, 11) is 0. The Kier molecular flexibility index (Phi) is 5.65. The summed E-state index contributed by atoms with van der Waals surface area (Å²) in [5.41, 5.74) is 0. The Morgan fingerprint density at radius 2 is 2.40 bits per heavy atom. The minimum absolute atomic E-state index is 0.137. The number of rotatable bonds is 5. The fourth-order valence-corrected chi connectivity index (χ4v) is 2.10. The zero-order chi connectivity index (χ0) is 11.1. The molecule has 0 radical (unpaired) electrons.